The maximum atomic E-state index is 13.0. The van der Waals surface area contributed by atoms with Crippen LogP contribution in [0.25, 0.3) is 0 Å². The van der Waals surface area contributed by atoms with Crippen LogP contribution in [0.2, 0.25) is 0 Å². The first kappa shape index (κ1) is 15.0. The van der Waals surface area contributed by atoms with Crippen molar-refractivity contribution in [1.29, 1.82) is 0 Å². The van der Waals surface area contributed by atoms with Crippen molar-refractivity contribution in [3.63, 3.8) is 0 Å². The van der Waals surface area contributed by atoms with Crippen LogP contribution in [0, 0.1) is 5.82 Å². The average molecular weight is 286 g/mol. The zero-order valence-electron chi connectivity index (χ0n) is 9.26. The third-order valence-corrected chi connectivity index (χ3v) is 2.66. The Kier molecular flexibility index (Phi) is 4.12. The maximum Gasteiger partial charge on any atom is 0.419 e. The summed E-state index contributed by atoms with van der Waals surface area (Å²) in [4.78, 5) is 0. The third kappa shape index (κ3) is 3.49. The van der Waals surface area contributed by atoms with Crippen molar-refractivity contribution >= 4 is 12.4 Å². The van der Waals surface area contributed by atoms with Crippen LogP contribution < -0.4 is 10.5 Å². The molecule has 2 nitrogen and oxygen atoms in total. The van der Waals surface area contributed by atoms with E-state index < -0.39 is 23.1 Å². The molecular formula is C11H12ClF4NO. The summed E-state index contributed by atoms with van der Waals surface area (Å²) in [5, 5.41) is 0. The summed E-state index contributed by atoms with van der Waals surface area (Å²) in [6.07, 6.45) is -3.13. The lowest BCUT2D eigenvalue weighted by molar-refractivity contribution is -0.140. The summed E-state index contributed by atoms with van der Waals surface area (Å²) in [6.45, 7) is 0.149. The molecule has 102 valence electrons. The summed E-state index contributed by atoms with van der Waals surface area (Å²) in [5.74, 6) is -1.32. The topological polar surface area (TPSA) is 35.2 Å². The Labute approximate surface area is 108 Å². The van der Waals surface area contributed by atoms with Crippen molar-refractivity contribution in [3.8, 4) is 5.75 Å². The van der Waals surface area contributed by atoms with Gasteiger partial charge in [0.25, 0.3) is 0 Å². The Morgan fingerprint density at radius 2 is 1.89 bits per heavy atom. The van der Waals surface area contributed by atoms with Crippen LogP contribution in [0.15, 0.2) is 18.2 Å². The molecule has 0 spiro atoms. The molecular weight excluding hydrogens is 274 g/mol. The van der Waals surface area contributed by atoms with E-state index in [9.17, 15) is 17.6 Å². The predicted molar refractivity (Wildman–Crippen MR) is 60.3 cm³/mol. The average Bonchev–Trinajstić information content (AvgIpc) is 2.94. The Balaban J connectivity index is 0.00000162. The zero-order chi connectivity index (χ0) is 12.7. The fraction of sp³-hybridized carbons (Fsp3) is 0.455. The number of alkyl halides is 3. The lowest BCUT2D eigenvalue weighted by atomic mass is 10.2. The lowest BCUT2D eigenvalue weighted by Gasteiger charge is -2.13. The molecule has 2 N–H and O–H groups in total. The SMILES string of the molecule is Cl.NC1(COc2ccc(F)c(C(F)(F)F)c2)CC1. The largest absolute Gasteiger partial charge is 0.492 e. The first-order valence-electron chi connectivity index (χ1n) is 5.09. The smallest absolute Gasteiger partial charge is 0.419 e. The van der Waals surface area contributed by atoms with Crippen LogP contribution in [0.5, 0.6) is 5.75 Å². The van der Waals surface area contributed by atoms with E-state index >= 15 is 0 Å². The number of benzene rings is 1. The van der Waals surface area contributed by atoms with Crippen molar-refractivity contribution in [2.45, 2.75) is 24.6 Å². The first-order valence-corrected chi connectivity index (χ1v) is 5.09. The molecule has 0 aliphatic heterocycles. The van der Waals surface area contributed by atoms with Gasteiger partial charge in [0, 0.05) is 0 Å². The van der Waals surface area contributed by atoms with Gasteiger partial charge in [-0.2, -0.15) is 13.2 Å². The molecule has 0 amide bonds. The summed E-state index contributed by atoms with van der Waals surface area (Å²) >= 11 is 0. The van der Waals surface area contributed by atoms with E-state index in [1.165, 1.54) is 0 Å². The van der Waals surface area contributed by atoms with Crippen LogP contribution in [0.3, 0.4) is 0 Å². The van der Waals surface area contributed by atoms with Crippen LogP contribution in [0.4, 0.5) is 17.6 Å². The normalized spacial score (nSPS) is 16.9. The van der Waals surface area contributed by atoms with E-state index in [4.69, 9.17) is 10.5 Å². The van der Waals surface area contributed by atoms with Gasteiger partial charge in [0.1, 0.15) is 18.2 Å². The molecule has 0 unspecified atom stereocenters. The van der Waals surface area contributed by atoms with Gasteiger partial charge in [0.05, 0.1) is 11.1 Å². The van der Waals surface area contributed by atoms with Gasteiger partial charge in [-0.05, 0) is 31.0 Å². The van der Waals surface area contributed by atoms with Crippen molar-refractivity contribution in [2.24, 2.45) is 5.73 Å². The first-order chi connectivity index (χ1) is 7.80. The molecule has 7 heteroatoms. The van der Waals surface area contributed by atoms with Crippen molar-refractivity contribution in [1.82, 2.24) is 0 Å². The highest BCUT2D eigenvalue weighted by molar-refractivity contribution is 5.85. The Bertz CT molecular complexity index is 432. The summed E-state index contributed by atoms with van der Waals surface area (Å²) in [7, 11) is 0. The number of ether oxygens (including phenoxy) is 1. The van der Waals surface area contributed by atoms with E-state index in [0.717, 1.165) is 25.0 Å². The minimum absolute atomic E-state index is 0. The quantitative estimate of drug-likeness (QED) is 0.866. The standard InChI is InChI=1S/C11H11F4NO.ClH/c12-9-2-1-7(5-8(9)11(13,14)15)17-6-10(16)3-4-10;/h1-2,5H,3-4,6,16H2;1H. The second kappa shape index (κ2) is 4.93. The molecule has 0 atom stereocenters. The summed E-state index contributed by atoms with van der Waals surface area (Å²) in [6, 6.07) is 2.56. The molecule has 0 heterocycles. The highest BCUT2D eigenvalue weighted by atomic mass is 35.5. The Morgan fingerprint density at radius 3 is 2.39 bits per heavy atom. The third-order valence-electron chi connectivity index (χ3n) is 2.66. The monoisotopic (exact) mass is 285 g/mol. The van der Waals surface area contributed by atoms with E-state index in [2.05, 4.69) is 0 Å². The number of hydrogen-bond acceptors (Lipinski definition) is 2. The van der Waals surface area contributed by atoms with Gasteiger partial charge in [-0.25, -0.2) is 4.39 Å². The molecule has 1 fully saturated rings. The minimum Gasteiger partial charge on any atom is -0.492 e. The fourth-order valence-corrected chi connectivity index (χ4v) is 1.34. The molecule has 1 aliphatic rings. The molecule has 2 rings (SSSR count). The number of nitrogens with two attached hydrogens (primary N) is 1. The molecule has 1 saturated carbocycles. The van der Waals surface area contributed by atoms with E-state index in [-0.39, 0.29) is 24.8 Å². The highest BCUT2D eigenvalue weighted by Crippen LogP contribution is 2.35. The molecule has 18 heavy (non-hydrogen) atoms. The van der Waals surface area contributed by atoms with Gasteiger partial charge >= 0.3 is 6.18 Å². The number of halogens is 5. The van der Waals surface area contributed by atoms with Gasteiger partial charge < -0.3 is 10.5 Å². The number of hydrogen-bond donors (Lipinski definition) is 1. The fourth-order valence-electron chi connectivity index (χ4n) is 1.34. The van der Waals surface area contributed by atoms with Gasteiger partial charge in [-0.1, -0.05) is 0 Å². The number of rotatable bonds is 3. The Hall–Kier alpha value is -1.01. The van der Waals surface area contributed by atoms with Crippen molar-refractivity contribution in [2.75, 3.05) is 6.61 Å². The lowest BCUT2D eigenvalue weighted by Crippen LogP contribution is -2.29. The van der Waals surface area contributed by atoms with Crippen LogP contribution >= 0.6 is 12.4 Å². The van der Waals surface area contributed by atoms with Crippen molar-refractivity contribution in [3.05, 3.63) is 29.6 Å². The second-order valence-corrected chi connectivity index (χ2v) is 4.29. The van der Waals surface area contributed by atoms with E-state index in [1.807, 2.05) is 0 Å². The molecule has 0 aromatic heterocycles. The van der Waals surface area contributed by atoms with Gasteiger partial charge in [-0.15, -0.1) is 12.4 Å². The summed E-state index contributed by atoms with van der Waals surface area (Å²) < 4.78 is 55.3. The second-order valence-electron chi connectivity index (χ2n) is 4.29. The van der Waals surface area contributed by atoms with Crippen molar-refractivity contribution < 1.29 is 22.3 Å². The predicted octanol–water partition coefficient (Wildman–Crippen LogP) is 3.14. The van der Waals surface area contributed by atoms with Crippen LogP contribution in [0.1, 0.15) is 18.4 Å². The summed E-state index contributed by atoms with van der Waals surface area (Å²) in [5.41, 5.74) is 3.98. The zero-order valence-corrected chi connectivity index (χ0v) is 10.1. The molecule has 1 aromatic carbocycles. The molecule has 0 bridgehead atoms. The van der Waals surface area contributed by atoms with E-state index in [0.29, 0.717) is 6.07 Å². The van der Waals surface area contributed by atoms with Gasteiger partial charge in [-0.3, -0.25) is 0 Å². The molecule has 1 aromatic rings. The molecule has 0 saturated heterocycles. The van der Waals surface area contributed by atoms with Crippen LogP contribution in [-0.4, -0.2) is 12.1 Å². The highest BCUT2D eigenvalue weighted by Gasteiger charge is 2.39. The minimum atomic E-state index is -4.72. The van der Waals surface area contributed by atoms with E-state index in [1.54, 1.807) is 0 Å². The Morgan fingerprint density at radius 1 is 1.28 bits per heavy atom. The van der Waals surface area contributed by atoms with Crippen LogP contribution in [-0.2, 0) is 6.18 Å². The molecule has 1 aliphatic carbocycles. The molecule has 0 radical (unpaired) electrons. The maximum absolute atomic E-state index is 13.0. The van der Waals surface area contributed by atoms with Gasteiger partial charge in [0.2, 0.25) is 0 Å². The van der Waals surface area contributed by atoms with Gasteiger partial charge in [0.15, 0.2) is 0 Å².